The van der Waals surface area contributed by atoms with E-state index in [4.69, 9.17) is 21.1 Å². The van der Waals surface area contributed by atoms with E-state index in [1.165, 1.54) is 7.11 Å². The SMILES string of the molecule is CCOc1nc2cccc(C(=O)OC)c2n1Cc1ccc(-c2cc(Cl)ccc2C#N)cc1. The molecular weight excluding hydrogens is 426 g/mol. The maximum Gasteiger partial charge on any atom is 0.340 e. The fourth-order valence-corrected chi connectivity index (χ4v) is 3.82. The Balaban J connectivity index is 1.75. The lowest BCUT2D eigenvalue weighted by Crippen LogP contribution is -2.09. The molecule has 0 aliphatic heterocycles. The minimum atomic E-state index is -0.430. The van der Waals surface area contributed by atoms with Gasteiger partial charge in [0.25, 0.3) is 6.01 Å². The number of methoxy groups -OCH3 is 1. The van der Waals surface area contributed by atoms with Crippen LogP contribution in [0.5, 0.6) is 6.01 Å². The zero-order valence-electron chi connectivity index (χ0n) is 17.6. The molecule has 0 saturated carbocycles. The Morgan fingerprint density at radius 2 is 1.94 bits per heavy atom. The first-order valence-corrected chi connectivity index (χ1v) is 10.4. The molecule has 3 aromatic carbocycles. The van der Waals surface area contributed by atoms with E-state index in [1.807, 2.05) is 41.8 Å². The van der Waals surface area contributed by atoms with E-state index in [0.717, 1.165) is 16.7 Å². The normalized spacial score (nSPS) is 10.7. The van der Waals surface area contributed by atoms with Crippen molar-refractivity contribution in [3.8, 4) is 23.2 Å². The zero-order valence-corrected chi connectivity index (χ0v) is 18.4. The summed E-state index contributed by atoms with van der Waals surface area (Å²) >= 11 is 6.13. The summed E-state index contributed by atoms with van der Waals surface area (Å²) in [6.45, 7) is 2.78. The van der Waals surface area contributed by atoms with Crippen molar-refractivity contribution in [2.75, 3.05) is 13.7 Å². The highest BCUT2D eigenvalue weighted by molar-refractivity contribution is 6.30. The van der Waals surface area contributed by atoms with Crippen LogP contribution >= 0.6 is 11.6 Å². The first kappa shape index (κ1) is 21.4. The topological polar surface area (TPSA) is 77.1 Å². The van der Waals surface area contributed by atoms with E-state index >= 15 is 0 Å². The average molecular weight is 446 g/mol. The van der Waals surface area contributed by atoms with Crippen LogP contribution in [-0.2, 0) is 11.3 Å². The van der Waals surface area contributed by atoms with Crippen molar-refractivity contribution in [1.29, 1.82) is 5.26 Å². The monoisotopic (exact) mass is 445 g/mol. The van der Waals surface area contributed by atoms with Crippen LogP contribution < -0.4 is 4.74 Å². The molecule has 0 N–H and O–H groups in total. The number of rotatable bonds is 6. The summed E-state index contributed by atoms with van der Waals surface area (Å²) in [4.78, 5) is 16.9. The number of benzene rings is 3. The molecule has 0 fully saturated rings. The van der Waals surface area contributed by atoms with E-state index in [-0.39, 0.29) is 0 Å². The standard InChI is InChI=1S/C25H20ClN3O3/c1-3-32-25-28-22-6-4-5-20(24(30)31-2)23(22)29(25)15-16-7-9-17(10-8-16)21-13-19(26)12-11-18(21)14-27/h4-13H,3,15H2,1-2H3. The lowest BCUT2D eigenvalue weighted by molar-refractivity contribution is 0.0602. The molecule has 0 aliphatic carbocycles. The first-order valence-electron chi connectivity index (χ1n) is 10.0. The Kier molecular flexibility index (Phi) is 6.11. The number of halogens is 1. The van der Waals surface area contributed by atoms with E-state index in [0.29, 0.717) is 46.3 Å². The van der Waals surface area contributed by atoms with Gasteiger partial charge < -0.3 is 9.47 Å². The number of para-hydroxylation sites is 1. The van der Waals surface area contributed by atoms with Gasteiger partial charge in [0, 0.05) is 10.6 Å². The molecule has 160 valence electrons. The van der Waals surface area contributed by atoms with Gasteiger partial charge in [0.05, 0.1) is 48.5 Å². The van der Waals surface area contributed by atoms with Crippen LogP contribution in [0.2, 0.25) is 5.02 Å². The highest BCUT2D eigenvalue weighted by Crippen LogP contribution is 2.29. The van der Waals surface area contributed by atoms with E-state index in [2.05, 4.69) is 11.1 Å². The van der Waals surface area contributed by atoms with Crippen molar-refractivity contribution < 1.29 is 14.3 Å². The Labute approximate surface area is 190 Å². The molecule has 0 atom stereocenters. The van der Waals surface area contributed by atoms with E-state index in [1.54, 1.807) is 30.3 Å². The molecule has 4 rings (SSSR count). The molecule has 1 aromatic heterocycles. The summed E-state index contributed by atoms with van der Waals surface area (Å²) in [6, 6.07) is 21.0. The number of esters is 1. The number of carbonyl (C=O) groups is 1. The summed E-state index contributed by atoms with van der Waals surface area (Å²) in [5.41, 5.74) is 4.96. The first-order chi connectivity index (χ1) is 15.5. The molecule has 0 spiro atoms. The summed E-state index contributed by atoms with van der Waals surface area (Å²) < 4.78 is 12.6. The van der Waals surface area contributed by atoms with Crippen LogP contribution in [0.15, 0.2) is 60.7 Å². The highest BCUT2D eigenvalue weighted by atomic mass is 35.5. The molecule has 0 radical (unpaired) electrons. The largest absolute Gasteiger partial charge is 0.465 e. The van der Waals surface area contributed by atoms with Crippen LogP contribution in [0.1, 0.15) is 28.4 Å². The lowest BCUT2D eigenvalue weighted by Gasteiger charge is -2.12. The molecule has 32 heavy (non-hydrogen) atoms. The van der Waals surface area contributed by atoms with Gasteiger partial charge in [0.2, 0.25) is 0 Å². The highest BCUT2D eigenvalue weighted by Gasteiger charge is 2.19. The second-order valence-electron chi connectivity index (χ2n) is 7.08. The third kappa shape index (κ3) is 4.03. The molecule has 1 heterocycles. The average Bonchev–Trinajstić information content (AvgIpc) is 3.16. The van der Waals surface area contributed by atoms with Crippen LogP contribution in [0.4, 0.5) is 0 Å². The number of hydrogen-bond donors (Lipinski definition) is 0. The van der Waals surface area contributed by atoms with Gasteiger partial charge >= 0.3 is 5.97 Å². The van der Waals surface area contributed by atoms with Crippen molar-refractivity contribution in [3.63, 3.8) is 0 Å². The van der Waals surface area contributed by atoms with Gasteiger partial charge in [0.1, 0.15) is 0 Å². The Morgan fingerprint density at radius 3 is 2.62 bits per heavy atom. The second-order valence-corrected chi connectivity index (χ2v) is 7.51. The van der Waals surface area contributed by atoms with Gasteiger partial charge in [-0.05, 0) is 48.4 Å². The minimum absolute atomic E-state index is 0.428. The van der Waals surface area contributed by atoms with Gasteiger partial charge in [-0.25, -0.2) is 4.79 Å². The smallest absolute Gasteiger partial charge is 0.340 e. The summed E-state index contributed by atoms with van der Waals surface area (Å²) in [7, 11) is 1.36. The maximum absolute atomic E-state index is 12.3. The Bertz CT molecular complexity index is 1340. The quantitative estimate of drug-likeness (QED) is 0.368. The third-order valence-electron chi connectivity index (χ3n) is 5.12. The van der Waals surface area contributed by atoms with Gasteiger partial charge in [0.15, 0.2) is 0 Å². The second kappa shape index (κ2) is 9.13. The summed E-state index contributed by atoms with van der Waals surface area (Å²) in [6.07, 6.45) is 0. The molecule has 0 bridgehead atoms. The molecule has 0 amide bonds. The van der Waals surface area contributed by atoms with E-state index in [9.17, 15) is 10.1 Å². The maximum atomic E-state index is 12.3. The van der Waals surface area contributed by atoms with Crippen molar-refractivity contribution in [2.24, 2.45) is 0 Å². The fraction of sp³-hybridized carbons (Fsp3) is 0.160. The number of hydrogen-bond acceptors (Lipinski definition) is 5. The van der Waals surface area contributed by atoms with Crippen molar-refractivity contribution >= 4 is 28.6 Å². The molecule has 7 heteroatoms. The fourth-order valence-electron chi connectivity index (χ4n) is 3.65. The molecule has 0 unspecified atom stereocenters. The predicted octanol–water partition coefficient (Wildman–Crippen LogP) is 5.46. The van der Waals surface area contributed by atoms with Gasteiger partial charge in [-0.15, -0.1) is 0 Å². The minimum Gasteiger partial charge on any atom is -0.465 e. The van der Waals surface area contributed by atoms with Crippen LogP contribution in [0, 0.1) is 11.3 Å². The molecule has 0 aliphatic rings. The Morgan fingerprint density at radius 1 is 1.16 bits per heavy atom. The van der Waals surface area contributed by atoms with Crippen LogP contribution in [0.3, 0.4) is 0 Å². The molecular formula is C25H20ClN3O3. The number of aromatic nitrogens is 2. The number of imidazole rings is 1. The van der Waals surface area contributed by atoms with Crippen LogP contribution in [-0.4, -0.2) is 29.2 Å². The van der Waals surface area contributed by atoms with Gasteiger partial charge in [-0.1, -0.05) is 41.9 Å². The third-order valence-corrected chi connectivity index (χ3v) is 5.35. The Hall–Kier alpha value is -3.82. The number of fused-ring (bicyclic) bond motifs is 1. The van der Waals surface area contributed by atoms with Crippen molar-refractivity contribution in [1.82, 2.24) is 9.55 Å². The summed E-state index contributed by atoms with van der Waals surface area (Å²) in [5.74, 6) is -0.430. The molecule has 6 nitrogen and oxygen atoms in total. The number of carbonyl (C=O) groups excluding carboxylic acids is 1. The lowest BCUT2D eigenvalue weighted by atomic mass is 9.99. The predicted molar refractivity (Wildman–Crippen MR) is 123 cm³/mol. The van der Waals surface area contributed by atoms with Gasteiger partial charge in [-0.2, -0.15) is 10.2 Å². The number of ether oxygens (including phenoxy) is 2. The number of nitrogens with zero attached hydrogens (tertiary/aromatic N) is 3. The molecule has 4 aromatic rings. The van der Waals surface area contributed by atoms with Gasteiger partial charge in [-0.3, -0.25) is 4.57 Å². The van der Waals surface area contributed by atoms with Crippen molar-refractivity contribution in [3.05, 3.63) is 82.4 Å². The van der Waals surface area contributed by atoms with Crippen LogP contribution in [0.25, 0.3) is 22.2 Å². The van der Waals surface area contributed by atoms with Crippen molar-refractivity contribution in [2.45, 2.75) is 13.5 Å². The number of nitriles is 1. The molecule has 0 saturated heterocycles. The summed E-state index contributed by atoms with van der Waals surface area (Å²) in [5, 5.41) is 9.99. The zero-order chi connectivity index (χ0) is 22.7. The van der Waals surface area contributed by atoms with E-state index < -0.39 is 5.97 Å².